The van der Waals surface area contributed by atoms with Gasteiger partial charge in [-0.1, -0.05) is 6.42 Å². The molecule has 0 heterocycles. The minimum atomic E-state index is -0.407. The number of carbonyl (C=O) groups is 1. The fourth-order valence-electron chi connectivity index (χ4n) is 1.84. The van der Waals surface area contributed by atoms with Crippen molar-refractivity contribution in [3.05, 3.63) is 0 Å². The lowest BCUT2D eigenvalue weighted by Gasteiger charge is -2.28. The number of amides is 1. The van der Waals surface area contributed by atoms with E-state index in [0.29, 0.717) is 5.25 Å². The zero-order valence-corrected chi connectivity index (χ0v) is 9.89. The number of alkyl carbamates (subject to hydrolysis) is 1. The van der Waals surface area contributed by atoms with E-state index in [2.05, 4.69) is 11.6 Å². The van der Waals surface area contributed by atoms with Crippen LogP contribution in [0.4, 0.5) is 4.79 Å². The highest BCUT2D eigenvalue weighted by Gasteiger charge is 2.22. The number of thioether (sulfide) groups is 1. The van der Waals surface area contributed by atoms with Gasteiger partial charge in [-0.15, -0.1) is 0 Å². The molecule has 0 saturated heterocycles. The van der Waals surface area contributed by atoms with Crippen LogP contribution in [-0.4, -0.2) is 42.0 Å². The summed E-state index contributed by atoms with van der Waals surface area (Å²) in [7, 11) is 0. The Hall–Kier alpha value is -0.420. The highest BCUT2D eigenvalue weighted by atomic mass is 32.2. The molecule has 0 radical (unpaired) electrons. The molecule has 88 valence electrons. The highest BCUT2D eigenvalue weighted by Crippen LogP contribution is 2.26. The Morgan fingerprint density at radius 3 is 3.07 bits per heavy atom. The van der Waals surface area contributed by atoms with Crippen LogP contribution in [0.15, 0.2) is 0 Å². The summed E-state index contributed by atoms with van der Waals surface area (Å²) >= 11 is 1.86. The number of rotatable bonds is 4. The monoisotopic (exact) mass is 233 g/mol. The van der Waals surface area contributed by atoms with Gasteiger partial charge in [0.25, 0.3) is 0 Å². The van der Waals surface area contributed by atoms with Crippen LogP contribution >= 0.6 is 11.8 Å². The van der Waals surface area contributed by atoms with Crippen molar-refractivity contribution in [1.29, 1.82) is 0 Å². The zero-order chi connectivity index (χ0) is 11.1. The first kappa shape index (κ1) is 12.6. The average molecular weight is 233 g/mol. The number of aliphatic hydroxyl groups excluding tert-OH is 1. The maximum Gasteiger partial charge on any atom is 0.407 e. The second-order valence-corrected chi connectivity index (χ2v) is 4.86. The molecule has 1 aliphatic rings. The molecule has 1 amide bonds. The predicted molar refractivity (Wildman–Crippen MR) is 61.1 cm³/mol. The SMILES string of the molecule is CSC1CCCC(NC(=O)OCCO)C1. The van der Waals surface area contributed by atoms with E-state index >= 15 is 0 Å². The third-order valence-electron chi connectivity index (χ3n) is 2.61. The maximum atomic E-state index is 11.2. The lowest BCUT2D eigenvalue weighted by Crippen LogP contribution is -2.39. The van der Waals surface area contributed by atoms with Gasteiger partial charge in [-0.25, -0.2) is 4.79 Å². The van der Waals surface area contributed by atoms with Crippen LogP contribution in [-0.2, 0) is 4.74 Å². The standard InChI is InChI=1S/C10H19NO3S/c1-15-9-4-2-3-8(7-9)11-10(13)14-6-5-12/h8-9,12H,2-7H2,1H3,(H,11,13). The highest BCUT2D eigenvalue weighted by molar-refractivity contribution is 7.99. The summed E-state index contributed by atoms with van der Waals surface area (Å²) in [5.74, 6) is 0. The first-order valence-electron chi connectivity index (χ1n) is 5.33. The molecule has 0 aromatic rings. The Kier molecular flexibility index (Phi) is 5.86. The number of hydrogen-bond acceptors (Lipinski definition) is 4. The molecule has 1 saturated carbocycles. The van der Waals surface area contributed by atoms with Crippen LogP contribution in [0.3, 0.4) is 0 Å². The van der Waals surface area contributed by atoms with Gasteiger partial charge in [0.05, 0.1) is 6.61 Å². The molecule has 0 spiro atoms. The summed E-state index contributed by atoms with van der Waals surface area (Å²) in [6, 6.07) is 0.238. The van der Waals surface area contributed by atoms with Gasteiger partial charge in [0, 0.05) is 11.3 Å². The first-order chi connectivity index (χ1) is 7.26. The largest absolute Gasteiger partial charge is 0.447 e. The molecule has 2 unspecified atom stereocenters. The number of ether oxygens (including phenoxy) is 1. The van der Waals surface area contributed by atoms with Crippen molar-refractivity contribution < 1.29 is 14.6 Å². The lowest BCUT2D eigenvalue weighted by molar-refractivity contribution is 0.114. The van der Waals surface area contributed by atoms with Crippen molar-refractivity contribution >= 4 is 17.9 Å². The molecule has 5 heteroatoms. The van der Waals surface area contributed by atoms with Gasteiger partial charge in [0.1, 0.15) is 6.61 Å². The van der Waals surface area contributed by atoms with E-state index in [1.54, 1.807) is 0 Å². The van der Waals surface area contributed by atoms with Crippen LogP contribution in [0, 0.1) is 0 Å². The number of hydrogen-bond donors (Lipinski definition) is 2. The topological polar surface area (TPSA) is 58.6 Å². The Labute approximate surface area is 94.8 Å². The van der Waals surface area contributed by atoms with Gasteiger partial charge >= 0.3 is 6.09 Å². The summed E-state index contributed by atoms with van der Waals surface area (Å²) in [6.45, 7) is -0.0456. The van der Waals surface area contributed by atoms with Crippen LogP contribution in [0.25, 0.3) is 0 Å². The number of aliphatic hydroxyl groups is 1. The molecular formula is C10H19NO3S. The Balaban J connectivity index is 2.22. The van der Waals surface area contributed by atoms with Gasteiger partial charge in [-0.3, -0.25) is 0 Å². The number of nitrogens with one attached hydrogen (secondary N) is 1. The fraction of sp³-hybridized carbons (Fsp3) is 0.900. The molecule has 1 rings (SSSR count). The van der Waals surface area contributed by atoms with Crippen molar-refractivity contribution in [3.8, 4) is 0 Å². The van der Waals surface area contributed by atoms with Crippen molar-refractivity contribution in [2.45, 2.75) is 37.0 Å². The van der Waals surface area contributed by atoms with Gasteiger partial charge in [0.15, 0.2) is 0 Å². The van der Waals surface area contributed by atoms with E-state index in [9.17, 15) is 4.79 Å². The summed E-state index contributed by atoms with van der Waals surface area (Å²) in [4.78, 5) is 11.2. The summed E-state index contributed by atoms with van der Waals surface area (Å²) in [5, 5.41) is 12.0. The summed E-state index contributed by atoms with van der Waals surface area (Å²) in [5.41, 5.74) is 0. The molecule has 0 bridgehead atoms. The lowest BCUT2D eigenvalue weighted by atomic mass is 9.95. The third-order valence-corrected chi connectivity index (χ3v) is 3.70. The van der Waals surface area contributed by atoms with Crippen molar-refractivity contribution in [1.82, 2.24) is 5.32 Å². The molecule has 0 aromatic heterocycles. The van der Waals surface area contributed by atoms with E-state index in [0.717, 1.165) is 19.3 Å². The molecule has 0 aromatic carbocycles. The number of carbonyl (C=O) groups excluding carboxylic acids is 1. The molecule has 1 aliphatic carbocycles. The van der Waals surface area contributed by atoms with E-state index in [4.69, 9.17) is 9.84 Å². The summed E-state index contributed by atoms with van der Waals surface area (Å²) in [6.07, 6.45) is 6.16. The Morgan fingerprint density at radius 1 is 1.60 bits per heavy atom. The molecule has 15 heavy (non-hydrogen) atoms. The van der Waals surface area contributed by atoms with E-state index in [1.165, 1.54) is 6.42 Å². The van der Waals surface area contributed by atoms with Crippen LogP contribution in [0.5, 0.6) is 0 Å². The quantitative estimate of drug-likeness (QED) is 0.770. The van der Waals surface area contributed by atoms with Crippen LogP contribution in [0.1, 0.15) is 25.7 Å². The molecule has 2 N–H and O–H groups in total. The van der Waals surface area contributed by atoms with Crippen molar-refractivity contribution in [2.75, 3.05) is 19.5 Å². The van der Waals surface area contributed by atoms with E-state index in [-0.39, 0.29) is 19.3 Å². The van der Waals surface area contributed by atoms with Gasteiger partial charge in [-0.2, -0.15) is 11.8 Å². The van der Waals surface area contributed by atoms with E-state index in [1.807, 2.05) is 11.8 Å². The second kappa shape index (κ2) is 6.95. The average Bonchev–Trinajstić information content (AvgIpc) is 2.26. The Morgan fingerprint density at radius 2 is 2.40 bits per heavy atom. The van der Waals surface area contributed by atoms with Crippen LogP contribution < -0.4 is 5.32 Å². The van der Waals surface area contributed by atoms with Gasteiger partial charge < -0.3 is 15.2 Å². The van der Waals surface area contributed by atoms with Gasteiger partial charge in [-0.05, 0) is 25.5 Å². The summed E-state index contributed by atoms with van der Waals surface area (Å²) < 4.78 is 4.76. The first-order valence-corrected chi connectivity index (χ1v) is 6.62. The fourth-order valence-corrected chi connectivity index (χ4v) is 2.66. The molecular weight excluding hydrogens is 214 g/mol. The van der Waals surface area contributed by atoms with Gasteiger partial charge in [0.2, 0.25) is 0 Å². The van der Waals surface area contributed by atoms with Crippen molar-refractivity contribution in [3.63, 3.8) is 0 Å². The van der Waals surface area contributed by atoms with Crippen molar-refractivity contribution in [2.24, 2.45) is 0 Å². The molecule has 0 aliphatic heterocycles. The minimum Gasteiger partial charge on any atom is -0.447 e. The molecule has 4 nitrogen and oxygen atoms in total. The normalized spacial score (nSPS) is 26.0. The Bertz CT molecular complexity index is 201. The molecule has 1 fully saturated rings. The third kappa shape index (κ3) is 4.75. The predicted octanol–water partition coefficient (Wildman–Crippen LogP) is 1.38. The smallest absolute Gasteiger partial charge is 0.407 e. The molecule has 2 atom stereocenters. The van der Waals surface area contributed by atoms with E-state index < -0.39 is 6.09 Å². The van der Waals surface area contributed by atoms with Crippen LogP contribution in [0.2, 0.25) is 0 Å². The second-order valence-electron chi connectivity index (χ2n) is 3.73. The maximum absolute atomic E-state index is 11.2. The zero-order valence-electron chi connectivity index (χ0n) is 9.07. The minimum absolute atomic E-state index is 0.0739.